The molecule has 3 heterocycles. The summed E-state index contributed by atoms with van der Waals surface area (Å²) in [5.41, 5.74) is 1.94. The SMILES string of the molecule is O=C(O)c1ccc(CN=Nc2ncnc3c2sc2ncccc23)cc1. The fraction of sp³-hybridized carbons (Fsp3) is 0.0588. The maximum atomic E-state index is 10.8. The summed E-state index contributed by atoms with van der Waals surface area (Å²) in [6.45, 7) is 0.342. The number of azo groups is 1. The van der Waals surface area contributed by atoms with Crippen LogP contribution < -0.4 is 0 Å². The average Bonchev–Trinajstić information content (AvgIpc) is 3.02. The summed E-state index contributed by atoms with van der Waals surface area (Å²) in [6.07, 6.45) is 3.21. The first-order chi connectivity index (χ1) is 12.2. The van der Waals surface area contributed by atoms with Crippen LogP contribution in [0.3, 0.4) is 0 Å². The summed E-state index contributed by atoms with van der Waals surface area (Å²) < 4.78 is 0.848. The molecular formula is C17H11N5O2S. The number of pyridine rings is 1. The number of nitrogens with zero attached hydrogens (tertiary/aromatic N) is 5. The molecule has 0 aliphatic rings. The summed E-state index contributed by atoms with van der Waals surface area (Å²) in [5.74, 6) is -0.440. The van der Waals surface area contributed by atoms with Gasteiger partial charge in [-0.2, -0.15) is 5.11 Å². The van der Waals surface area contributed by atoms with Gasteiger partial charge in [0.25, 0.3) is 0 Å². The van der Waals surface area contributed by atoms with E-state index in [1.54, 1.807) is 30.5 Å². The maximum Gasteiger partial charge on any atom is 0.335 e. The molecule has 0 saturated carbocycles. The van der Waals surface area contributed by atoms with Crippen LogP contribution in [0.4, 0.5) is 5.82 Å². The quantitative estimate of drug-likeness (QED) is 0.556. The second kappa shape index (κ2) is 6.33. The molecule has 0 spiro atoms. The highest BCUT2D eigenvalue weighted by atomic mass is 32.1. The zero-order chi connectivity index (χ0) is 17.2. The first kappa shape index (κ1) is 15.3. The first-order valence-electron chi connectivity index (χ1n) is 7.40. The first-order valence-corrected chi connectivity index (χ1v) is 8.22. The lowest BCUT2D eigenvalue weighted by molar-refractivity contribution is 0.0697. The van der Waals surface area contributed by atoms with Crippen LogP contribution in [-0.2, 0) is 6.54 Å². The van der Waals surface area contributed by atoms with Crippen molar-refractivity contribution in [2.24, 2.45) is 10.2 Å². The number of aromatic carboxylic acids is 1. The Kier molecular flexibility index (Phi) is 3.87. The molecule has 0 bridgehead atoms. The minimum Gasteiger partial charge on any atom is -0.478 e. The Balaban J connectivity index is 1.62. The predicted octanol–water partition coefficient (Wildman–Crippen LogP) is 4.22. The fourth-order valence-corrected chi connectivity index (χ4v) is 3.43. The van der Waals surface area contributed by atoms with E-state index < -0.39 is 5.97 Å². The van der Waals surface area contributed by atoms with Crippen molar-refractivity contribution in [2.75, 3.05) is 0 Å². The minimum absolute atomic E-state index is 0.246. The summed E-state index contributed by atoms with van der Waals surface area (Å²) in [7, 11) is 0. The van der Waals surface area contributed by atoms with Crippen molar-refractivity contribution >= 4 is 43.6 Å². The molecule has 7 nitrogen and oxygen atoms in total. The second-order valence-electron chi connectivity index (χ2n) is 5.23. The van der Waals surface area contributed by atoms with Crippen molar-refractivity contribution in [3.8, 4) is 0 Å². The van der Waals surface area contributed by atoms with Crippen LogP contribution >= 0.6 is 11.3 Å². The molecule has 0 atom stereocenters. The molecule has 4 aromatic rings. The van der Waals surface area contributed by atoms with Crippen molar-refractivity contribution in [3.05, 3.63) is 60.0 Å². The molecule has 0 aliphatic carbocycles. The van der Waals surface area contributed by atoms with E-state index in [-0.39, 0.29) is 5.56 Å². The third-order valence-corrected chi connectivity index (χ3v) is 4.73. The largest absolute Gasteiger partial charge is 0.478 e. The molecule has 0 unspecified atom stereocenters. The van der Waals surface area contributed by atoms with Crippen molar-refractivity contribution in [1.29, 1.82) is 0 Å². The lowest BCUT2D eigenvalue weighted by Gasteiger charge is -1.97. The van der Waals surface area contributed by atoms with Crippen LogP contribution in [0.15, 0.2) is 59.2 Å². The zero-order valence-corrected chi connectivity index (χ0v) is 13.6. The monoisotopic (exact) mass is 349 g/mol. The summed E-state index contributed by atoms with van der Waals surface area (Å²) in [4.78, 5) is 24.6. The number of fused-ring (bicyclic) bond motifs is 3. The lowest BCUT2D eigenvalue weighted by Crippen LogP contribution is -1.95. The van der Waals surface area contributed by atoms with Gasteiger partial charge >= 0.3 is 5.97 Å². The Bertz CT molecular complexity index is 1110. The van der Waals surface area contributed by atoms with Crippen LogP contribution in [0.25, 0.3) is 20.4 Å². The lowest BCUT2D eigenvalue weighted by atomic mass is 10.1. The van der Waals surface area contributed by atoms with E-state index in [9.17, 15) is 4.79 Å². The number of thiophene rings is 1. The number of aromatic nitrogens is 3. The van der Waals surface area contributed by atoms with E-state index >= 15 is 0 Å². The van der Waals surface area contributed by atoms with Crippen molar-refractivity contribution in [1.82, 2.24) is 15.0 Å². The molecule has 8 heteroatoms. The topological polar surface area (TPSA) is 101 Å². The molecule has 4 rings (SSSR count). The Hall–Kier alpha value is -3.26. The summed E-state index contributed by atoms with van der Waals surface area (Å²) >= 11 is 1.48. The van der Waals surface area contributed by atoms with E-state index in [0.717, 1.165) is 26.0 Å². The van der Waals surface area contributed by atoms with Crippen LogP contribution in [0, 0.1) is 0 Å². The number of carbonyl (C=O) groups is 1. The molecule has 1 N–H and O–H groups in total. The molecule has 0 aliphatic heterocycles. The van der Waals surface area contributed by atoms with E-state index in [4.69, 9.17) is 5.11 Å². The van der Waals surface area contributed by atoms with Crippen LogP contribution in [-0.4, -0.2) is 26.0 Å². The van der Waals surface area contributed by atoms with E-state index in [1.807, 2.05) is 12.1 Å². The summed E-state index contributed by atoms with van der Waals surface area (Å²) in [6, 6.07) is 10.4. The number of hydrogen-bond acceptors (Lipinski definition) is 7. The highest BCUT2D eigenvalue weighted by Crippen LogP contribution is 2.35. The molecule has 0 fully saturated rings. The Morgan fingerprint density at radius 2 is 1.96 bits per heavy atom. The normalized spacial score (nSPS) is 11.5. The van der Waals surface area contributed by atoms with E-state index in [1.165, 1.54) is 17.7 Å². The molecule has 0 amide bonds. The van der Waals surface area contributed by atoms with Gasteiger partial charge < -0.3 is 5.11 Å². The Labute approximate surface area is 145 Å². The third kappa shape index (κ3) is 2.94. The van der Waals surface area contributed by atoms with Crippen molar-refractivity contribution in [2.45, 2.75) is 6.54 Å². The number of rotatable bonds is 4. The molecule has 25 heavy (non-hydrogen) atoms. The maximum absolute atomic E-state index is 10.8. The van der Waals surface area contributed by atoms with Gasteiger partial charge in [0.1, 0.15) is 15.9 Å². The van der Waals surface area contributed by atoms with Gasteiger partial charge in [-0.3, -0.25) is 0 Å². The van der Waals surface area contributed by atoms with Crippen LogP contribution in [0.5, 0.6) is 0 Å². The number of hydrogen-bond donors (Lipinski definition) is 1. The van der Waals surface area contributed by atoms with Gasteiger partial charge in [0.15, 0.2) is 5.82 Å². The fourth-order valence-electron chi connectivity index (χ4n) is 2.41. The second-order valence-corrected chi connectivity index (χ2v) is 6.23. The Morgan fingerprint density at radius 1 is 1.12 bits per heavy atom. The molecule has 0 saturated heterocycles. The number of carboxylic acids is 1. The highest BCUT2D eigenvalue weighted by Gasteiger charge is 2.11. The minimum atomic E-state index is -0.949. The zero-order valence-electron chi connectivity index (χ0n) is 12.8. The van der Waals surface area contributed by atoms with Gasteiger partial charge in [-0.05, 0) is 29.8 Å². The Morgan fingerprint density at radius 3 is 2.76 bits per heavy atom. The van der Waals surface area contributed by atoms with Gasteiger partial charge in [-0.15, -0.1) is 16.5 Å². The predicted molar refractivity (Wildman–Crippen MR) is 94.3 cm³/mol. The van der Waals surface area contributed by atoms with Gasteiger partial charge in [0.2, 0.25) is 0 Å². The van der Waals surface area contributed by atoms with Crippen LogP contribution in [0.2, 0.25) is 0 Å². The highest BCUT2D eigenvalue weighted by molar-refractivity contribution is 7.25. The van der Waals surface area contributed by atoms with Gasteiger partial charge in [-0.1, -0.05) is 12.1 Å². The van der Waals surface area contributed by atoms with Gasteiger partial charge in [0.05, 0.1) is 17.6 Å². The van der Waals surface area contributed by atoms with Crippen LogP contribution in [0.1, 0.15) is 15.9 Å². The third-order valence-electron chi connectivity index (χ3n) is 3.63. The number of benzene rings is 1. The summed E-state index contributed by atoms with van der Waals surface area (Å²) in [5, 5.41) is 18.3. The van der Waals surface area contributed by atoms with E-state index in [2.05, 4.69) is 25.2 Å². The van der Waals surface area contributed by atoms with Crippen molar-refractivity contribution in [3.63, 3.8) is 0 Å². The molecule has 0 radical (unpaired) electrons. The van der Waals surface area contributed by atoms with Gasteiger partial charge in [-0.25, -0.2) is 19.7 Å². The molecule has 122 valence electrons. The smallest absolute Gasteiger partial charge is 0.335 e. The van der Waals surface area contributed by atoms with Crippen molar-refractivity contribution < 1.29 is 9.90 Å². The molecule has 1 aromatic carbocycles. The van der Waals surface area contributed by atoms with E-state index in [0.29, 0.717) is 12.4 Å². The molecular weight excluding hydrogens is 338 g/mol. The standard InChI is InChI=1S/C17H11N5O2S/c23-17(24)11-5-3-10(4-6-11)8-21-22-15-14-13(19-9-20-15)12-2-1-7-18-16(12)25-14/h1-7,9H,8H2,(H,23,24). The molecule has 3 aromatic heterocycles. The average molecular weight is 349 g/mol. The number of carboxylic acid groups (broad SMARTS) is 1. The van der Waals surface area contributed by atoms with Gasteiger partial charge in [0, 0.05) is 11.6 Å².